The first-order chi connectivity index (χ1) is 15.3. The van der Waals surface area contributed by atoms with E-state index in [9.17, 15) is 13.2 Å². The second-order valence-corrected chi connectivity index (χ2v) is 10.4. The Bertz CT molecular complexity index is 1210. The summed E-state index contributed by atoms with van der Waals surface area (Å²) in [6.07, 6.45) is 4.15. The van der Waals surface area contributed by atoms with Crippen molar-refractivity contribution >= 4 is 33.2 Å². The number of aryl methyl sites for hydroxylation is 1. The average molecular weight is 469 g/mol. The normalized spacial score (nSPS) is 15.6. The number of anilines is 1. The summed E-state index contributed by atoms with van der Waals surface area (Å²) in [6, 6.07) is 21.9. The van der Waals surface area contributed by atoms with Crippen LogP contribution in [0.5, 0.6) is 0 Å². The van der Waals surface area contributed by atoms with Gasteiger partial charge in [0.25, 0.3) is 5.91 Å². The smallest absolute Gasteiger partial charge is 0.251 e. The molecule has 3 aromatic rings. The topological polar surface area (TPSA) is 66.5 Å². The maximum Gasteiger partial charge on any atom is 0.251 e. The number of nitrogens with one attached hydrogen (secondary N) is 1. The van der Waals surface area contributed by atoms with E-state index < -0.39 is 10.0 Å². The minimum Gasteiger partial charge on any atom is -0.345 e. The standard InChI is InChI=1S/C25H25ClN2O3S/c1-32(30,31)28(17-18-9-13-21(26)14-10-18)22-15-11-20(12-16-22)25(29)27-24-8-4-6-19-5-2-3-7-23(19)24/h2-3,5,7,9-16,24H,4,6,8,17H2,1H3,(H,27,29)/t24-/m0/s1. The molecular weight excluding hydrogens is 444 g/mol. The molecule has 5 nitrogen and oxygen atoms in total. The van der Waals surface area contributed by atoms with Crippen LogP contribution in [0.15, 0.2) is 72.8 Å². The molecule has 3 aromatic carbocycles. The number of amides is 1. The van der Waals surface area contributed by atoms with E-state index in [0.717, 1.165) is 24.8 Å². The fraction of sp³-hybridized carbons (Fsp3) is 0.240. The summed E-state index contributed by atoms with van der Waals surface area (Å²) in [7, 11) is -3.52. The van der Waals surface area contributed by atoms with Crippen LogP contribution in [0.4, 0.5) is 5.69 Å². The van der Waals surface area contributed by atoms with Gasteiger partial charge in [0.2, 0.25) is 10.0 Å². The van der Waals surface area contributed by atoms with Crippen LogP contribution in [0.25, 0.3) is 0 Å². The second-order valence-electron chi connectivity index (χ2n) is 8.06. The molecule has 166 valence electrons. The van der Waals surface area contributed by atoms with Gasteiger partial charge in [0.05, 0.1) is 24.5 Å². The molecule has 7 heteroatoms. The van der Waals surface area contributed by atoms with Crippen LogP contribution in [0.2, 0.25) is 5.02 Å². The Morgan fingerprint density at radius 1 is 1.03 bits per heavy atom. The number of hydrogen-bond acceptors (Lipinski definition) is 3. The van der Waals surface area contributed by atoms with Gasteiger partial charge in [0.15, 0.2) is 0 Å². The third-order valence-corrected chi connectivity index (χ3v) is 7.12. The lowest BCUT2D eigenvalue weighted by Crippen LogP contribution is -2.31. The molecule has 0 radical (unpaired) electrons. The lowest BCUT2D eigenvalue weighted by Gasteiger charge is -2.26. The zero-order chi connectivity index (χ0) is 22.7. The van der Waals surface area contributed by atoms with E-state index >= 15 is 0 Å². The van der Waals surface area contributed by atoms with Gasteiger partial charge < -0.3 is 5.32 Å². The Morgan fingerprint density at radius 2 is 1.72 bits per heavy atom. The maximum absolute atomic E-state index is 12.9. The lowest BCUT2D eigenvalue weighted by molar-refractivity contribution is 0.0932. The van der Waals surface area contributed by atoms with Crippen LogP contribution in [0.1, 0.15) is 45.9 Å². The predicted molar refractivity (Wildman–Crippen MR) is 129 cm³/mol. The maximum atomic E-state index is 12.9. The Morgan fingerprint density at radius 3 is 2.41 bits per heavy atom. The van der Waals surface area contributed by atoms with Crippen molar-refractivity contribution in [2.45, 2.75) is 31.8 Å². The summed E-state index contributed by atoms with van der Waals surface area (Å²) in [5.41, 5.74) is 4.27. The van der Waals surface area contributed by atoms with Crippen LogP contribution < -0.4 is 9.62 Å². The molecule has 1 N–H and O–H groups in total. The molecule has 0 bridgehead atoms. The summed E-state index contributed by atoms with van der Waals surface area (Å²) in [5.74, 6) is -0.165. The molecule has 1 aliphatic rings. The number of benzene rings is 3. The Balaban J connectivity index is 1.51. The van der Waals surface area contributed by atoms with Gasteiger partial charge in [-0.2, -0.15) is 0 Å². The van der Waals surface area contributed by atoms with Crippen molar-refractivity contribution in [3.8, 4) is 0 Å². The van der Waals surface area contributed by atoms with E-state index in [1.807, 2.05) is 12.1 Å². The Hall–Kier alpha value is -2.83. The summed E-state index contributed by atoms with van der Waals surface area (Å²) < 4.78 is 26.2. The SMILES string of the molecule is CS(=O)(=O)N(Cc1ccc(Cl)cc1)c1ccc(C(=O)N[C@H]2CCCc3ccccc32)cc1. The second kappa shape index (κ2) is 9.35. The molecule has 4 rings (SSSR count). The van der Waals surface area contributed by atoms with E-state index in [0.29, 0.717) is 16.3 Å². The van der Waals surface area contributed by atoms with Crippen LogP contribution >= 0.6 is 11.6 Å². The summed E-state index contributed by atoms with van der Waals surface area (Å²) in [5, 5.41) is 3.73. The van der Waals surface area contributed by atoms with Gasteiger partial charge in [-0.25, -0.2) is 8.42 Å². The zero-order valence-corrected chi connectivity index (χ0v) is 19.4. The molecule has 1 amide bonds. The minimum atomic E-state index is -3.52. The largest absolute Gasteiger partial charge is 0.345 e. The highest BCUT2D eigenvalue weighted by Crippen LogP contribution is 2.30. The quantitative estimate of drug-likeness (QED) is 0.546. The van der Waals surface area contributed by atoms with Gasteiger partial charge >= 0.3 is 0 Å². The van der Waals surface area contributed by atoms with E-state index in [4.69, 9.17) is 11.6 Å². The average Bonchev–Trinajstić information content (AvgIpc) is 2.78. The van der Waals surface area contributed by atoms with Gasteiger partial charge in [0, 0.05) is 10.6 Å². The van der Waals surface area contributed by atoms with Crippen molar-refractivity contribution in [2.24, 2.45) is 0 Å². The molecule has 0 saturated heterocycles. The molecule has 0 aliphatic heterocycles. The van der Waals surface area contributed by atoms with Gasteiger partial charge in [-0.3, -0.25) is 9.10 Å². The van der Waals surface area contributed by atoms with Crippen LogP contribution in [-0.4, -0.2) is 20.6 Å². The predicted octanol–water partition coefficient (Wildman–Crippen LogP) is 5.11. The van der Waals surface area contributed by atoms with Crippen molar-refractivity contribution in [2.75, 3.05) is 10.6 Å². The first-order valence-electron chi connectivity index (χ1n) is 10.5. The van der Waals surface area contributed by atoms with Crippen molar-refractivity contribution in [3.63, 3.8) is 0 Å². The molecule has 0 unspecified atom stereocenters. The lowest BCUT2D eigenvalue weighted by atomic mass is 9.87. The molecule has 1 aliphatic carbocycles. The number of sulfonamides is 1. The van der Waals surface area contributed by atoms with Crippen molar-refractivity contribution in [3.05, 3.63) is 100 Å². The first-order valence-corrected chi connectivity index (χ1v) is 12.7. The third kappa shape index (κ3) is 5.14. The van der Waals surface area contributed by atoms with Gasteiger partial charge in [0.1, 0.15) is 0 Å². The molecule has 0 fully saturated rings. The molecule has 0 aromatic heterocycles. The van der Waals surface area contributed by atoms with Crippen LogP contribution in [0, 0.1) is 0 Å². The Labute approximate surface area is 194 Å². The number of hydrogen-bond donors (Lipinski definition) is 1. The third-order valence-electron chi connectivity index (χ3n) is 5.73. The monoisotopic (exact) mass is 468 g/mol. The molecule has 32 heavy (non-hydrogen) atoms. The number of carbonyl (C=O) groups is 1. The molecule has 0 spiro atoms. The molecule has 0 saturated carbocycles. The highest BCUT2D eigenvalue weighted by atomic mass is 35.5. The summed E-state index contributed by atoms with van der Waals surface area (Å²) >= 11 is 5.93. The van der Waals surface area contributed by atoms with Crippen molar-refractivity contribution < 1.29 is 13.2 Å². The Kier molecular flexibility index (Phi) is 6.53. The molecule has 1 atom stereocenters. The number of carbonyl (C=O) groups excluding carboxylic acids is 1. The first kappa shape index (κ1) is 22.4. The highest BCUT2D eigenvalue weighted by Gasteiger charge is 2.23. The zero-order valence-electron chi connectivity index (χ0n) is 17.8. The van der Waals surface area contributed by atoms with E-state index in [2.05, 4.69) is 17.4 Å². The number of halogens is 1. The van der Waals surface area contributed by atoms with Crippen molar-refractivity contribution in [1.82, 2.24) is 5.32 Å². The number of nitrogens with zero attached hydrogens (tertiary/aromatic N) is 1. The summed E-state index contributed by atoms with van der Waals surface area (Å²) in [6.45, 7) is 0.181. The number of rotatable bonds is 6. The molecule has 0 heterocycles. The van der Waals surface area contributed by atoms with E-state index in [1.165, 1.54) is 21.7 Å². The fourth-order valence-corrected chi connectivity index (χ4v) is 5.09. The fourth-order valence-electron chi connectivity index (χ4n) is 4.08. The van der Waals surface area contributed by atoms with Gasteiger partial charge in [-0.15, -0.1) is 0 Å². The van der Waals surface area contributed by atoms with Crippen LogP contribution in [0.3, 0.4) is 0 Å². The summed E-state index contributed by atoms with van der Waals surface area (Å²) in [4.78, 5) is 12.9. The van der Waals surface area contributed by atoms with Gasteiger partial charge in [-0.1, -0.05) is 48.0 Å². The highest BCUT2D eigenvalue weighted by molar-refractivity contribution is 7.92. The van der Waals surface area contributed by atoms with E-state index in [-0.39, 0.29) is 18.5 Å². The minimum absolute atomic E-state index is 0.00968. The molecular formula is C25H25ClN2O3S. The van der Waals surface area contributed by atoms with Crippen molar-refractivity contribution in [1.29, 1.82) is 0 Å². The van der Waals surface area contributed by atoms with Crippen LogP contribution in [-0.2, 0) is 23.0 Å². The van der Waals surface area contributed by atoms with Gasteiger partial charge in [-0.05, 0) is 72.4 Å². The number of fused-ring (bicyclic) bond motifs is 1. The van der Waals surface area contributed by atoms with E-state index in [1.54, 1.807) is 48.5 Å².